The second-order valence-electron chi connectivity index (χ2n) is 9.05. The molecule has 1 atom stereocenters. The molecule has 9 nitrogen and oxygen atoms in total. The first-order chi connectivity index (χ1) is 17.4. The van der Waals surface area contributed by atoms with Crippen molar-refractivity contribution in [1.82, 2.24) is 15.1 Å². The maximum atomic E-state index is 13.2. The van der Waals surface area contributed by atoms with Gasteiger partial charge < -0.3 is 25.2 Å². The summed E-state index contributed by atoms with van der Waals surface area (Å²) in [5, 5.41) is 6.10. The smallest absolute Gasteiger partial charge is 0.243 e. The molecule has 4 rings (SSSR count). The van der Waals surface area contributed by atoms with Crippen LogP contribution in [0.1, 0.15) is 12.0 Å². The van der Waals surface area contributed by atoms with Crippen LogP contribution in [0.5, 0.6) is 5.75 Å². The van der Waals surface area contributed by atoms with Crippen LogP contribution < -0.4 is 20.3 Å². The fourth-order valence-electron chi connectivity index (χ4n) is 4.59. The van der Waals surface area contributed by atoms with Gasteiger partial charge in [0.05, 0.1) is 25.8 Å². The molecule has 0 bridgehead atoms. The summed E-state index contributed by atoms with van der Waals surface area (Å²) in [7, 11) is 1.66. The Balaban J connectivity index is 1.33. The molecule has 2 aliphatic rings. The van der Waals surface area contributed by atoms with Crippen LogP contribution in [0.4, 0.5) is 11.4 Å². The molecule has 2 aromatic carbocycles. The zero-order chi connectivity index (χ0) is 25.7. The highest BCUT2D eigenvalue weighted by Gasteiger charge is 2.35. The number of aryl methyl sites for hydroxylation is 1. The minimum atomic E-state index is -0.845. The molecular weight excluding hydrogens is 482 g/mol. The lowest BCUT2D eigenvalue weighted by Crippen LogP contribution is -2.60. The predicted octanol–water partition coefficient (Wildman–Crippen LogP) is 2.13. The van der Waals surface area contributed by atoms with E-state index in [2.05, 4.69) is 20.4 Å². The Morgan fingerprint density at radius 3 is 2.58 bits per heavy atom. The minimum absolute atomic E-state index is 0.120. The van der Waals surface area contributed by atoms with E-state index < -0.39 is 6.04 Å². The van der Waals surface area contributed by atoms with Crippen molar-refractivity contribution in [2.24, 2.45) is 0 Å². The van der Waals surface area contributed by atoms with E-state index in [1.807, 2.05) is 37.3 Å². The molecule has 2 heterocycles. The second-order valence-corrected chi connectivity index (χ2v) is 9.45. The van der Waals surface area contributed by atoms with Gasteiger partial charge in [0.2, 0.25) is 17.7 Å². The van der Waals surface area contributed by atoms with Gasteiger partial charge in [0.1, 0.15) is 11.8 Å². The van der Waals surface area contributed by atoms with E-state index in [1.54, 1.807) is 19.2 Å². The molecule has 0 radical (unpaired) electrons. The van der Waals surface area contributed by atoms with Crippen LogP contribution in [-0.2, 0) is 14.4 Å². The molecule has 192 valence electrons. The monoisotopic (exact) mass is 513 g/mol. The number of piperazine rings is 2. The summed E-state index contributed by atoms with van der Waals surface area (Å²) in [6.45, 7) is 5.78. The van der Waals surface area contributed by atoms with Crippen LogP contribution in [0.2, 0.25) is 5.02 Å². The number of carbonyl (C=O) groups excluding carboxylic acids is 3. The molecule has 2 fully saturated rings. The first-order valence-corrected chi connectivity index (χ1v) is 12.5. The van der Waals surface area contributed by atoms with E-state index >= 15 is 0 Å². The first-order valence-electron chi connectivity index (χ1n) is 12.1. The lowest BCUT2D eigenvalue weighted by molar-refractivity contribution is -0.145. The van der Waals surface area contributed by atoms with Gasteiger partial charge in [-0.2, -0.15) is 0 Å². The number of methoxy groups -OCH3 is 1. The molecule has 0 aliphatic carbocycles. The fourth-order valence-corrected chi connectivity index (χ4v) is 4.77. The summed E-state index contributed by atoms with van der Waals surface area (Å²) < 4.78 is 5.48. The Morgan fingerprint density at radius 2 is 1.86 bits per heavy atom. The molecule has 0 spiro atoms. The molecule has 0 saturated carbocycles. The van der Waals surface area contributed by atoms with Gasteiger partial charge in [0, 0.05) is 50.0 Å². The number of hydrogen-bond acceptors (Lipinski definition) is 6. The Kier molecular flexibility index (Phi) is 8.32. The van der Waals surface area contributed by atoms with Gasteiger partial charge in [-0.1, -0.05) is 29.8 Å². The predicted molar refractivity (Wildman–Crippen MR) is 140 cm³/mol. The number of hydrogen-bond donors (Lipinski definition) is 2. The number of para-hydroxylation sites is 2. The Bertz CT molecular complexity index is 1120. The maximum absolute atomic E-state index is 13.2. The molecule has 10 heteroatoms. The quantitative estimate of drug-likeness (QED) is 0.589. The van der Waals surface area contributed by atoms with Gasteiger partial charge in [0.25, 0.3) is 0 Å². The molecule has 3 amide bonds. The van der Waals surface area contributed by atoms with E-state index in [0.717, 1.165) is 30.1 Å². The number of halogens is 1. The van der Waals surface area contributed by atoms with Crippen LogP contribution in [-0.4, -0.2) is 86.5 Å². The van der Waals surface area contributed by atoms with Crippen molar-refractivity contribution in [2.75, 3.05) is 63.1 Å². The standard InChI is InChI=1S/C26H32ClN5O4/c1-18-7-8-19(15-20(18)27)29-24(33)16-22-26(35)28-9-10-32(22)25(34)17-30-11-13-31(14-12-30)21-5-3-4-6-23(21)36-2/h3-8,15,22H,9-14,16-17H2,1-2H3,(H,28,35)(H,29,33). The third-order valence-corrected chi connectivity index (χ3v) is 7.05. The number of rotatable bonds is 7. The summed E-state index contributed by atoms with van der Waals surface area (Å²) in [5.41, 5.74) is 2.50. The number of benzene rings is 2. The van der Waals surface area contributed by atoms with Gasteiger partial charge >= 0.3 is 0 Å². The largest absolute Gasteiger partial charge is 0.495 e. The van der Waals surface area contributed by atoms with Crippen LogP contribution >= 0.6 is 11.6 Å². The van der Waals surface area contributed by atoms with E-state index in [0.29, 0.717) is 36.9 Å². The van der Waals surface area contributed by atoms with E-state index in [4.69, 9.17) is 16.3 Å². The minimum Gasteiger partial charge on any atom is -0.495 e. The highest BCUT2D eigenvalue weighted by Crippen LogP contribution is 2.28. The normalized spacial score (nSPS) is 18.5. The number of nitrogens with zero attached hydrogens (tertiary/aromatic N) is 3. The van der Waals surface area contributed by atoms with Crippen molar-refractivity contribution in [1.29, 1.82) is 0 Å². The van der Waals surface area contributed by atoms with Gasteiger partial charge in [-0.05, 0) is 36.8 Å². The average molecular weight is 514 g/mol. The third kappa shape index (κ3) is 6.09. The van der Waals surface area contributed by atoms with Gasteiger partial charge in [-0.3, -0.25) is 19.3 Å². The van der Waals surface area contributed by atoms with Crippen molar-refractivity contribution in [2.45, 2.75) is 19.4 Å². The lowest BCUT2D eigenvalue weighted by atomic mass is 10.1. The van der Waals surface area contributed by atoms with Crippen LogP contribution in [0.25, 0.3) is 0 Å². The molecule has 2 aliphatic heterocycles. The highest BCUT2D eigenvalue weighted by molar-refractivity contribution is 6.31. The summed E-state index contributed by atoms with van der Waals surface area (Å²) >= 11 is 6.15. The van der Waals surface area contributed by atoms with Crippen molar-refractivity contribution in [3.63, 3.8) is 0 Å². The van der Waals surface area contributed by atoms with E-state index in [9.17, 15) is 14.4 Å². The third-order valence-electron chi connectivity index (χ3n) is 6.64. The number of nitrogens with one attached hydrogen (secondary N) is 2. The van der Waals surface area contributed by atoms with Crippen molar-refractivity contribution >= 4 is 40.7 Å². The molecule has 2 saturated heterocycles. The zero-order valence-corrected chi connectivity index (χ0v) is 21.4. The molecule has 2 N–H and O–H groups in total. The summed E-state index contributed by atoms with van der Waals surface area (Å²) in [6, 6.07) is 12.3. The Hall–Kier alpha value is -3.30. The first kappa shape index (κ1) is 25.8. The number of anilines is 2. The number of carbonyl (C=O) groups is 3. The SMILES string of the molecule is COc1ccccc1N1CCN(CC(=O)N2CCNC(=O)C2CC(=O)Nc2ccc(C)c(Cl)c2)CC1. The molecular formula is C26H32ClN5O4. The van der Waals surface area contributed by atoms with Crippen molar-refractivity contribution < 1.29 is 19.1 Å². The van der Waals surface area contributed by atoms with E-state index in [1.165, 1.54) is 4.90 Å². The Morgan fingerprint density at radius 1 is 1.11 bits per heavy atom. The molecule has 1 unspecified atom stereocenters. The summed E-state index contributed by atoms with van der Waals surface area (Å²) in [4.78, 5) is 44.4. The topological polar surface area (TPSA) is 94.2 Å². The Labute approximate surface area is 216 Å². The van der Waals surface area contributed by atoms with Crippen LogP contribution in [0.15, 0.2) is 42.5 Å². The number of amides is 3. The van der Waals surface area contributed by atoms with Crippen LogP contribution in [0, 0.1) is 6.92 Å². The second kappa shape index (κ2) is 11.6. The molecule has 0 aromatic heterocycles. The zero-order valence-electron chi connectivity index (χ0n) is 20.6. The fraction of sp³-hybridized carbons (Fsp3) is 0.423. The van der Waals surface area contributed by atoms with Gasteiger partial charge in [-0.25, -0.2) is 0 Å². The highest BCUT2D eigenvalue weighted by atomic mass is 35.5. The van der Waals surface area contributed by atoms with Crippen molar-refractivity contribution in [3.8, 4) is 5.75 Å². The molecule has 36 heavy (non-hydrogen) atoms. The van der Waals surface area contributed by atoms with Crippen molar-refractivity contribution in [3.05, 3.63) is 53.1 Å². The molecule has 2 aromatic rings. The van der Waals surface area contributed by atoms with Gasteiger partial charge in [-0.15, -0.1) is 0 Å². The van der Waals surface area contributed by atoms with E-state index in [-0.39, 0.29) is 30.7 Å². The number of ether oxygens (including phenoxy) is 1. The maximum Gasteiger partial charge on any atom is 0.243 e. The summed E-state index contributed by atoms with van der Waals surface area (Å²) in [6.07, 6.45) is -0.120. The van der Waals surface area contributed by atoms with Crippen LogP contribution in [0.3, 0.4) is 0 Å². The average Bonchev–Trinajstić information content (AvgIpc) is 2.88. The summed E-state index contributed by atoms with van der Waals surface area (Å²) in [5.74, 6) is 0.0232. The van der Waals surface area contributed by atoms with Gasteiger partial charge in [0.15, 0.2) is 0 Å². The lowest BCUT2D eigenvalue weighted by Gasteiger charge is -2.39.